The summed E-state index contributed by atoms with van der Waals surface area (Å²) < 4.78 is 0. The van der Waals surface area contributed by atoms with Gasteiger partial charge in [0.25, 0.3) is 0 Å². The highest BCUT2D eigenvalue weighted by molar-refractivity contribution is 5.47. The van der Waals surface area contributed by atoms with Gasteiger partial charge in [-0.2, -0.15) is 0 Å². The summed E-state index contributed by atoms with van der Waals surface area (Å²) in [6.45, 7) is 29.3. The molecule has 0 aliphatic carbocycles. The first kappa shape index (κ1) is 27.6. The second kappa shape index (κ2) is 8.88. The SMILES string of the molecule is CCCC(O)(c1cc(C(C)(C)C)cc(C(C)(C)C)c1)c1cc(C(C)(C)C)cc(C(C)(C)C)c1. The maximum absolute atomic E-state index is 12.5. The lowest BCUT2D eigenvalue weighted by Crippen LogP contribution is -2.30. The van der Waals surface area contributed by atoms with Crippen LogP contribution < -0.4 is 0 Å². The van der Waals surface area contributed by atoms with Crippen molar-refractivity contribution in [3.63, 3.8) is 0 Å². The molecule has 1 N–H and O–H groups in total. The van der Waals surface area contributed by atoms with Gasteiger partial charge in [-0.3, -0.25) is 0 Å². The van der Waals surface area contributed by atoms with Gasteiger partial charge in [-0.25, -0.2) is 0 Å². The molecule has 0 saturated carbocycles. The van der Waals surface area contributed by atoms with E-state index in [9.17, 15) is 5.11 Å². The largest absolute Gasteiger partial charge is 0.380 e. The van der Waals surface area contributed by atoms with Crippen molar-refractivity contribution in [2.24, 2.45) is 0 Å². The summed E-state index contributed by atoms with van der Waals surface area (Å²) in [5.74, 6) is 0. The van der Waals surface area contributed by atoms with E-state index < -0.39 is 5.60 Å². The number of hydrogen-bond acceptors (Lipinski definition) is 1. The van der Waals surface area contributed by atoms with Gasteiger partial charge in [-0.05, 0) is 61.5 Å². The minimum absolute atomic E-state index is 0.00691. The molecule has 0 aliphatic rings. The van der Waals surface area contributed by atoms with E-state index in [2.05, 4.69) is 126 Å². The quantitative estimate of drug-likeness (QED) is 0.493. The molecule has 2 aromatic rings. The Morgan fingerprint density at radius 2 is 0.667 bits per heavy atom. The maximum Gasteiger partial charge on any atom is 0.115 e. The van der Waals surface area contributed by atoms with Gasteiger partial charge in [-0.15, -0.1) is 0 Å². The second-order valence-electron chi connectivity index (χ2n) is 14.2. The summed E-state index contributed by atoms with van der Waals surface area (Å²) in [4.78, 5) is 0. The molecule has 2 rings (SSSR count). The molecule has 2 aromatic carbocycles. The van der Waals surface area contributed by atoms with Gasteiger partial charge in [0.2, 0.25) is 0 Å². The zero-order valence-electron chi connectivity index (χ0n) is 23.8. The van der Waals surface area contributed by atoms with E-state index in [0.717, 1.165) is 17.5 Å². The molecule has 0 fully saturated rings. The monoisotopic (exact) mass is 450 g/mol. The van der Waals surface area contributed by atoms with Crippen molar-refractivity contribution in [2.75, 3.05) is 0 Å². The van der Waals surface area contributed by atoms with Crippen molar-refractivity contribution in [1.82, 2.24) is 0 Å². The number of rotatable bonds is 4. The Kier molecular flexibility index (Phi) is 7.44. The van der Waals surface area contributed by atoms with E-state index in [4.69, 9.17) is 0 Å². The fourth-order valence-corrected chi connectivity index (χ4v) is 4.28. The molecule has 0 spiro atoms. The van der Waals surface area contributed by atoms with E-state index in [1.165, 1.54) is 22.3 Å². The van der Waals surface area contributed by atoms with Gasteiger partial charge in [-0.1, -0.05) is 133 Å². The highest BCUT2D eigenvalue weighted by Crippen LogP contribution is 2.42. The van der Waals surface area contributed by atoms with Gasteiger partial charge < -0.3 is 5.11 Å². The Morgan fingerprint density at radius 1 is 0.455 bits per heavy atom. The van der Waals surface area contributed by atoms with Crippen molar-refractivity contribution >= 4 is 0 Å². The third-order valence-corrected chi connectivity index (χ3v) is 6.90. The summed E-state index contributed by atoms with van der Waals surface area (Å²) in [7, 11) is 0. The molecule has 0 unspecified atom stereocenters. The molecule has 0 atom stereocenters. The average Bonchev–Trinajstić information content (AvgIpc) is 2.64. The minimum atomic E-state index is -1.03. The first-order chi connectivity index (χ1) is 14.7. The van der Waals surface area contributed by atoms with E-state index in [1.54, 1.807) is 0 Å². The van der Waals surface area contributed by atoms with Crippen molar-refractivity contribution in [2.45, 2.75) is 130 Å². The van der Waals surface area contributed by atoms with Crippen LogP contribution in [0.2, 0.25) is 0 Å². The minimum Gasteiger partial charge on any atom is -0.380 e. The van der Waals surface area contributed by atoms with E-state index >= 15 is 0 Å². The Balaban J connectivity index is 2.93. The number of aliphatic hydroxyl groups is 1. The van der Waals surface area contributed by atoms with Gasteiger partial charge in [0.1, 0.15) is 5.60 Å². The Bertz CT molecular complexity index is 826. The Labute approximate surface area is 205 Å². The molecule has 0 bridgehead atoms. The highest BCUT2D eigenvalue weighted by Gasteiger charge is 2.35. The predicted molar refractivity (Wildman–Crippen MR) is 146 cm³/mol. The predicted octanol–water partition coefficient (Wildman–Crippen LogP) is 8.91. The van der Waals surface area contributed by atoms with Gasteiger partial charge in [0.05, 0.1) is 0 Å². The van der Waals surface area contributed by atoms with Crippen LogP contribution in [-0.2, 0) is 27.3 Å². The molecule has 0 heterocycles. The van der Waals surface area contributed by atoms with E-state index in [1.807, 2.05) is 0 Å². The summed E-state index contributed by atoms with van der Waals surface area (Å²) in [6, 6.07) is 13.7. The normalized spacial score (nSPS) is 14.0. The van der Waals surface area contributed by atoms with Gasteiger partial charge >= 0.3 is 0 Å². The molecule has 0 radical (unpaired) electrons. The highest BCUT2D eigenvalue weighted by atomic mass is 16.3. The third-order valence-electron chi connectivity index (χ3n) is 6.90. The lowest BCUT2D eigenvalue weighted by Gasteiger charge is -2.35. The topological polar surface area (TPSA) is 20.2 Å². The molecule has 0 aromatic heterocycles. The lowest BCUT2D eigenvalue weighted by atomic mass is 9.72. The average molecular weight is 451 g/mol. The van der Waals surface area contributed by atoms with Gasteiger partial charge in [0.15, 0.2) is 0 Å². The molecule has 0 aliphatic heterocycles. The van der Waals surface area contributed by atoms with Crippen LogP contribution in [0, 0.1) is 0 Å². The number of hydrogen-bond donors (Lipinski definition) is 1. The summed E-state index contributed by atoms with van der Waals surface area (Å²) >= 11 is 0. The van der Waals surface area contributed by atoms with Crippen LogP contribution in [0.1, 0.15) is 136 Å². The van der Waals surface area contributed by atoms with Gasteiger partial charge in [0, 0.05) is 0 Å². The number of benzene rings is 2. The fraction of sp³-hybridized carbons (Fsp3) is 0.625. The molecule has 33 heavy (non-hydrogen) atoms. The molecule has 1 heteroatoms. The lowest BCUT2D eigenvalue weighted by molar-refractivity contribution is 0.0696. The van der Waals surface area contributed by atoms with Crippen LogP contribution in [0.4, 0.5) is 0 Å². The van der Waals surface area contributed by atoms with Crippen LogP contribution in [0.5, 0.6) is 0 Å². The van der Waals surface area contributed by atoms with Crippen molar-refractivity contribution in [3.05, 3.63) is 69.8 Å². The fourth-order valence-electron chi connectivity index (χ4n) is 4.28. The standard InChI is InChI=1S/C32H50O/c1-14-15-32(33,26-18-22(28(2,3)4)16-23(19-26)29(5,6)7)27-20-24(30(8,9)10)17-25(21-27)31(11,12)13/h16-21,33H,14-15H2,1-13H3. The Morgan fingerprint density at radius 3 is 0.848 bits per heavy atom. The Hall–Kier alpha value is -1.60. The smallest absolute Gasteiger partial charge is 0.115 e. The third kappa shape index (κ3) is 6.30. The van der Waals surface area contributed by atoms with Crippen LogP contribution in [0.25, 0.3) is 0 Å². The molecule has 184 valence electrons. The second-order valence-corrected chi connectivity index (χ2v) is 14.2. The van der Waals surface area contributed by atoms with Crippen molar-refractivity contribution < 1.29 is 5.11 Å². The van der Waals surface area contributed by atoms with Crippen LogP contribution in [0.15, 0.2) is 36.4 Å². The zero-order valence-corrected chi connectivity index (χ0v) is 23.8. The van der Waals surface area contributed by atoms with Crippen LogP contribution in [0.3, 0.4) is 0 Å². The first-order valence-corrected chi connectivity index (χ1v) is 12.7. The summed E-state index contributed by atoms with van der Waals surface area (Å²) in [6.07, 6.45) is 1.60. The summed E-state index contributed by atoms with van der Waals surface area (Å²) in [5.41, 5.74) is 6.16. The van der Waals surface area contributed by atoms with Crippen LogP contribution >= 0.6 is 0 Å². The molecule has 1 nitrogen and oxygen atoms in total. The van der Waals surface area contributed by atoms with Crippen LogP contribution in [-0.4, -0.2) is 5.11 Å². The molecule has 0 saturated heterocycles. The first-order valence-electron chi connectivity index (χ1n) is 12.7. The summed E-state index contributed by atoms with van der Waals surface area (Å²) in [5, 5.41) is 12.5. The zero-order chi connectivity index (χ0) is 25.6. The van der Waals surface area contributed by atoms with E-state index in [-0.39, 0.29) is 21.7 Å². The molecule has 0 amide bonds. The van der Waals surface area contributed by atoms with E-state index in [0.29, 0.717) is 6.42 Å². The maximum atomic E-state index is 12.5. The molecular weight excluding hydrogens is 400 g/mol. The molecular formula is C32H50O. The van der Waals surface area contributed by atoms with Crippen molar-refractivity contribution in [3.8, 4) is 0 Å². The van der Waals surface area contributed by atoms with Crippen molar-refractivity contribution in [1.29, 1.82) is 0 Å².